The molecule has 274 valence electrons. The number of rotatable bonds is 12. The zero-order chi connectivity index (χ0) is 38.5. The number of hydrogen-bond donors (Lipinski definition) is 3. The summed E-state index contributed by atoms with van der Waals surface area (Å²) in [6.45, 7) is 30.7. The van der Waals surface area contributed by atoms with Crippen molar-refractivity contribution in [2.24, 2.45) is 10.7 Å². The van der Waals surface area contributed by atoms with Gasteiger partial charge < -0.3 is 16.8 Å². The van der Waals surface area contributed by atoms with Gasteiger partial charge in [-0.25, -0.2) is 0 Å². The Kier molecular flexibility index (Phi) is 21.0. The van der Waals surface area contributed by atoms with Crippen LogP contribution in [0.2, 0.25) is 6.32 Å². The van der Waals surface area contributed by atoms with Gasteiger partial charge in [0.05, 0.1) is 25.3 Å². The average Bonchev–Trinajstić information content (AvgIpc) is 3.87. The van der Waals surface area contributed by atoms with Gasteiger partial charge >= 0.3 is 0 Å². The smallest absolute Gasteiger partial charge is 0.0841 e. The van der Waals surface area contributed by atoms with Gasteiger partial charge in [0.25, 0.3) is 0 Å². The van der Waals surface area contributed by atoms with E-state index in [0.717, 1.165) is 84.4 Å². The number of nitrogens with one attached hydrogen (secondary N) is 1. The molecule has 2 aliphatic carbocycles. The molecule has 0 saturated heterocycles. The molecule has 6 nitrogen and oxygen atoms in total. The van der Waals surface area contributed by atoms with Crippen molar-refractivity contribution in [2.75, 3.05) is 12.3 Å². The average molecular weight is 689 g/mol. The molecule has 51 heavy (non-hydrogen) atoms. The highest BCUT2D eigenvalue weighted by Crippen LogP contribution is 2.37. The second-order valence-electron chi connectivity index (χ2n) is 12.3. The van der Waals surface area contributed by atoms with Crippen LogP contribution in [0.15, 0.2) is 73.7 Å². The Bertz CT molecular complexity index is 1600. The predicted octanol–water partition coefficient (Wildman–Crippen LogP) is 10.3. The maximum atomic E-state index is 6.41. The van der Waals surface area contributed by atoms with Crippen molar-refractivity contribution < 1.29 is 0 Å². The van der Waals surface area contributed by atoms with Crippen LogP contribution in [-0.4, -0.2) is 36.6 Å². The van der Waals surface area contributed by atoms with Gasteiger partial charge in [0.1, 0.15) is 0 Å². The number of nitrogen functional groups attached to an aromatic ring is 1. The number of benzene rings is 1. The first-order valence-electron chi connectivity index (χ1n) is 18.8. The van der Waals surface area contributed by atoms with Gasteiger partial charge in [-0.2, -0.15) is 0 Å². The molecule has 0 amide bonds. The Hall–Kier alpha value is -4.35. The second kappa shape index (κ2) is 23.9. The van der Waals surface area contributed by atoms with E-state index in [1.165, 1.54) is 34.1 Å². The van der Waals surface area contributed by atoms with Crippen LogP contribution in [0.1, 0.15) is 130 Å². The summed E-state index contributed by atoms with van der Waals surface area (Å²) in [5.41, 5.74) is 27.4. The highest BCUT2D eigenvalue weighted by Gasteiger charge is 2.24. The van der Waals surface area contributed by atoms with Gasteiger partial charge in [0, 0.05) is 58.6 Å². The Morgan fingerprint density at radius 2 is 1.80 bits per heavy atom. The van der Waals surface area contributed by atoms with E-state index in [4.69, 9.17) is 18.6 Å². The summed E-state index contributed by atoms with van der Waals surface area (Å²) in [5, 5.41) is 3.65. The number of hydrogen-bond acceptors (Lipinski definition) is 6. The lowest BCUT2D eigenvalue weighted by atomic mass is 9.86. The van der Waals surface area contributed by atoms with E-state index in [1.807, 2.05) is 47.0 Å². The standard InChI is InChI=1S/C36H44BN5.C2H5N.2C2H6.C2H4/c1-6-22(3)31-19-34(42-36(24(31)5)30-14-16-39-33-10-8-9-29(30)33)25(13-15-37)20-41-32(7-2)26-17-23(4)35(38)27(18-26)21-40-28-11-12-28;1-2-3;3*1-2/h14,16-19,21-22,25,28,41H,2,6,8-13,15,20,38H2,1,3-5H3;2H,1,3H2;2*1-2H3;1-2H2. The largest absolute Gasteiger partial charge is 0.405 e. The molecule has 1 saturated carbocycles. The maximum Gasteiger partial charge on any atom is 0.0841 e. The highest BCUT2D eigenvalue weighted by molar-refractivity contribution is 6.08. The summed E-state index contributed by atoms with van der Waals surface area (Å²) in [4.78, 5) is 14.7. The molecule has 1 aromatic carbocycles. The number of nitrogens with zero attached hydrogens (tertiary/aromatic N) is 3. The molecule has 0 bridgehead atoms. The fourth-order valence-electron chi connectivity index (χ4n) is 6.07. The van der Waals surface area contributed by atoms with Gasteiger partial charge in [-0.15, -0.1) is 18.9 Å². The van der Waals surface area contributed by atoms with E-state index in [-0.39, 0.29) is 5.92 Å². The summed E-state index contributed by atoms with van der Waals surface area (Å²) in [6, 6.07) is 9.10. The third kappa shape index (κ3) is 12.4. The summed E-state index contributed by atoms with van der Waals surface area (Å²) in [6.07, 6.45) is 13.2. The van der Waals surface area contributed by atoms with Gasteiger partial charge in [-0.05, 0) is 111 Å². The number of fused-ring (bicyclic) bond motifs is 1. The van der Waals surface area contributed by atoms with E-state index in [9.17, 15) is 0 Å². The van der Waals surface area contributed by atoms with Crippen molar-refractivity contribution in [1.82, 2.24) is 15.3 Å². The topological polar surface area (TPSA) is 102 Å². The Labute approximate surface area is 312 Å². The van der Waals surface area contributed by atoms with Crippen molar-refractivity contribution in [3.05, 3.63) is 113 Å². The van der Waals surface area contributed by atoms with E-state index >= 15 is 0 Å². The Morgan fingerprint density at radius 1 is 1.14 bits per heavy atom. The van der Waals surface area contributed by atoms with Crippen LogP contribution in [0.3, 0.4) is 0 Å². The molecule has 1 fully saturated rings. The van der Waals surface area contributed by atoms with Crippen molar-refractivity contribution >= 4 is 25.4 Å². The monoisotopic (exact) mass is 689 g/mol. The van der Waals surface area contributed by atoms with Crippen molar-refractivity contribution in [3.63, 3.8) is 0 Å². The predicted molar refractivity (Wildman–Crippen MR) is 226 cm³/mol. The Balaban J connectivity index is 0.00000133. The molecule has 2 unspecified atom stereocenters. The minimum atomic E-state index is 0.126. The van der Waals surface area contributed by atoms with Gasteiger partial charge in [0.15, 0.2) is 0 Å². The molecule has 5 rings (SSSR count). The lowest BCUT2D eigenvalue weighted by molar-refractivity contribution is 0.613. The molecule has 3 aromatic rings. The van der Waals surface area contributed by atoms with Gasteiger partial charge in [-0.1, -0.05) is 67.4 Å². The van der Waals surface area contributed by atoms with Crippen molar-refractivity contribution in [2.45, 2.75) is 125 Å². The second-order valence-corrected chi connectivity index (χ2v) is 12.3. The number of pyridine rings is 2. The Morgan fingerprint density at radius 3 is 2.39 bits per heavy atom. The van der Waals surface area contributed by atoms with Crippen molar-refractivity contribution in [3.8, 4) is 11.3 Å². The molecular formula is C44H65BN6. The molecule has 2 radical (unpaired) electrons. The summed E-state index contributed by atoms with van der Waals surface area (Å²) >= 11 is 0. The van der Waals surface area contributed by atoms with Crippen LogP contribution in [0, 0.1) is 13.8 Å². The lowest BCUT2D eigenvalue weighted by Gasteiger charge is -2.24. The third-order valence-corrected chi connectivity index (χ3v) is 9.03. The molecule has 2 aliphatic rings. The molecule has 2 heterocycles. The maximum absolute atomic E-state index is 6.41. The van der Waals surface area contributed by atoms with E-state index in [2.05, 4.69) is 98.1 Å². The quantitative estimate of drug-likeness (QED) is 0.0578. The highest BCUT2D eigenvalue weighted by atomic mass is 14.9. The number of aliphatic imine (C=N–C) groups is 1. The molecule has 0 aliphatic heterocycles. The first kappa shape index (κ1) is 44.7. The zero-order valence-electron chi connectivity index (χ0n) is 33.0. The summed E-state index contributed by atoms with van der Waals surface area (Å²) in [7, 11) is 6.19. The summed E-state index contributed by atoms with van der Waals surface area (Å²) in [5.74, 6) is 0.560. The minimum Gasteiger partial charge on any atom is -0.405 e. The number of aryl methyl sites for hydroxylation is 2. The van der Waals surface area contributed by atoms with E-state index < -0.39 is 0 Å². The molecule has 7 heteroatoms. The van der Waals surface area contributed by atoms with Gasteiger partial charge in [0.2, 0.25) is 0 Å². The minimum absolute atomic E-state index is 0.126. The van der Waals surface area contributed by atoms with Crippen LogP contribution < -0.4 is 16.8 Å². The first-order chi connectivity index (χ1) is 24.8. The van der Waals surface area contributed by atoms with Crippen LogP contribution in [0.5, 0.6) is 0 Å². The number of anilines is 1. The molecule has 0 spiro atoms. The van der Waals surface area contributed by atoms with Crippen LogP contribution in [-0.2, 0) is 12.8 Å². The lowest BCUT2D eigenvalue weighted by Crippen LogP contribution is -2.22. The van der Waals surface area contributed by atoms with Gasteiger partial charge in [-0.3, -0.25) is 15.0 Å². The van der Waals surface area contributed by atoms with E-state index in [0.29, 0.717) is 24.8 Å². The van der Waals surface area contributed by atoms with Crippen LogP contribution >= 0.6 is 0 Å². The molecule has 2 atom stereocenters. The first-order valence-corrected chi connectivity index (χ1v) is 18.8. The zero-order valence-corrected chi connectivity index (χ0v) is 33.0. The number of aromatic nitrogens is 2. The third-order valence-electron chi connectivity index (χ3n) is 9.03. The summed E-state index contributed by atoms with van der Waals surface area (Å²) < 4.78 is 0. The van der Waals surface area contributed by atoms with E-state index in [1.54, 1.807) is 0 Å². The molecule has 2 aromatic heterocycles. The van der Waals surface area contributed by atoms with Crippen LogP contribution in [0.4, 0.5) is 5.69 Å². The number of nitrogens with two attached hydrogens (primary N) is 2. The fourth-order valence-corrected chi connectivity index (χ4v) is 6.07. The normalized spacial score (nSPS) is 13.6. The molecule has 5 N–H and O–H groups in total. The van der Waals surface area contributed by atoms with Crippen LogP contribution in [0.25, 0.3) is 17.0 Å². The van der Waals surface area contributed by atoms with Crippen molar-refractivity contribution in [1.29, 1.82) is 0 Å². The SMILES string of the molecule is C=C.C=CN.CC.CC.[B]CCC(CNC(=C=C)c1cc(C)c(N)c(C=NC2CC2)c1)c1cc(C(C)CC)c(C)c(-c2ccnc3c2CCC3)n1. The fraction of sp³-hybridized carbons (Fsp3) is 0.455. The molecular weight excluding hydrogens is 623 g/mol.